The standard InChI is InChI=1S/C13H19N3O4S/c1-10(8-15-4-6-20-7-5-15)16-3-2-11(17)14-13(16)21-9-12(18)19/h2-3,10H,4-9H2,1H3,(H,18,19). The van der Waals surface area contributed by atoms with Crippen LogP contribution in [0.3, 0.4) is 0 Å². The van der Waals surface area contributed by atoms with Crippen molar-refractivity contribution < 1.29 is 14.6 Å². The molecule has 1 aromatic heterocycles. The average Bonchev–Trinajstić information content (AvgIpc) is 2.46. The van der Waals surface area contributed by atoms with Crippen LogP contribution in [0.15, 0.2) is 22.2 Å². The Morgan fingerprint density at radius 3 is 2.90 bits per heavy atom. The summed E-state index contributed by atoms with van der Waals surface area (Å²) >= 11 is 1.07. The Morgan fingerprint density at radius 1 is 1.52 bits per heavy atom. The summed E-state index contributed by atoms with van der Waals surface area (Å²) in [5.74, 6) is -1.04. The van der Waals surface area contributed by atoms with Gasteiger partial charge in [-0.05, 0) is 6.92 Å². The van der Waals surface area contributed by atoms with Gasteiger partial charge in [-0.15, -0.1) is 0 Å². The zero-order valence-electron chi connectivity index (χ0n) is 11.9. The number of morpholine rings is 1. The lowest BCUT2D eigenvalue weighted by Gasteiger charge is -2.30. The van der Waals surface area contributed by atoms with Crippen LogP contribution < -0.4 is 5.56 Å². The number of ether oxygens (including phenoxy) is 1. The van der Waals surface area contributed by atoms with Crippen molar-refractivity contribution in [2.45, 2.75) is 18.1 Å². The van der Waals surface area contributed by atoms with Crippen LogP contribution >= 0.6 is 11.8 Å². The van der Waals surface area contributed by atoms with Crippen molar-refractivity contribution in [2.24, 2.45) is 0 Å². The summed E-state index contributed by atoms with van der Waals surface area (Å²) in [5.41, 5.74) is -0.349. The van der Waals surface area contributed by atoms with Crippen molar-refractivity contribution in [1.29, 1.82) is 0 Å². The first-order chi connectivity index (χ1) is 10.1. The molecule has 0 aromatic carbocycles. The number of hydrogen-bond donors (Lipinski definition) is 1. The Morgan fingerprint density at radius 2 is 2.24 bits per heavy atom. The third-order valence-electron chi connectivity index (χ3n) is 3.23. The maximum Gasteiger partial charge on any atom is 0.313 e. The van der Waals surface area contributed by atoms with E-state index in [-0.39, 0.29) is 17.4 Å². The third kappa shape index (κ3) is 4.83. The van der Waals surface area contributed by atoms with Crippen molar-refractivity contribution >= 4 is 17.7 Å². The Bertz CT molecular complexity index is 542. The van der Waals surface area contributed by atoms with Gasteiger partial charge in [0, 0.05) is 37.9 Å². The number of rotatable bonds is 6. The highest BCUT2D eigenvalue weighted by molar-refractivity contribution is 7.99. The average molecular weight is 313 g/mol. The summed E-state index contributed by atoms with van der Waals surface area (Å²) in [6.07, 6.45) is 1.69. The number of thioether (sulfide) groups is 1. The summed E-state index contributed by atoms with van der Waals surface area (Å²) in [6, 6.07) is 1.51. The number of aromatic nitrogens is 2. The Balaban J connectivity index is 2.09. The summed E-state index contributed by atoms with van der Waals surface area (Å²) < 4.78 is 7.19. The second kappa shape index (κ2) is 7.58. The highest BCUT2D eigenvalue weighted by Gasteiger charge is 2.17. The largest absolute Gasteiger partial charge is 0.481 e. The molecule has 116 valence electrons. The van der Waals surface area contributed by atoms with Gasteiger partial charge in [0.15, 0.2) is 5.16 Å². The van der Waals surface area contributed by atoms with Gasteiger partial charge < -0.3 is 14.4 Å². The Labute approximate surface area is 126 Å². The zero-order valence-corrected chi connectivity index (χ0v) is 12.7. The van der Waals surface area contributed by atoms with Crippen LogP contribution in [0.4, 0.5) is 0 Å². The molecule has 21 heavy (non-hydrogen) atoms. The molecular weight excluding hydrogens is 294 g/mol. The van der Waals surface area contributed by atoms with Crippen molar-refractivity contribution in [3.05, 3.63) is 22.6 Å². The molecule has 0 radical (unpaired) electrons. The maximum absolute atomic E-state index is 11.4. The molecule has 1 N–H and O–H groups in total. The number of aliphatic carboxylic acids is 1. The highest BCUT2D eigenvalue weighted by Crippen LogP contribution is 2.19. The predicted molar refractivity (Wildman–Crippen MR) is 78.8 cm³/mol. The number of hydrogen-bond acceptors (Lipinski definition) is 6. The lowest BCUT2D eigenvalue weighted by molar-refractivity contribution is -0.133. The van der Waals surface area contributed by atoms with Gasteiger partial charge in [-0.1, -0.05) is 11.8 Å². The van der Waals surface area contributed by atoms with Crippen LogP contribution in [0.1, 0.15) is 13.0 Å². The molecule has 0 spiro atoms. The fourth-order valence-electron chi connectivity index (χ4n) is 2.21. The quantitative estimate of drug-likeness (QED) is 0.598. The van der Waals surface area contributed by atoms with E-state index in [1.165, 1.54) is 6.07 Å². The van der Waals surface area contributed by atoms with Crippen LogP contribution in [0.2, 0.25) is 0 Å². The third-order valence-corrected chi connectivity index (χ3v) is 4.18. The molecule has 1 aromatic rings. The van der Waals surface area contributed by atoms with E-state index in [1.54, 1.807) is 6.20 Å². The maximum atomic E-state index is 11.4. The van der Waals surface area contributed by atoms with E-state index >= 15 is 0 Å². The Kier molecular flexibility index (Phi) is 5.77. The molecule has 0 amide bonds. The topological polar surface area (TPSA) is 84.7 Å². The molecule has 1 aliphatic heterocycles. The minimum atomic E-state index is -0.925. The first-order valence-electron chi connectivity index (χ1n) is 6.80. The van der Waals surface area contributed by atoms with Gasteiger partial charge in [-0.25, -0.2) is 0 Å². The van der Waals surface area contributed by atoms with E-state index in [4.69, 9.17) is 9.84 Å². The minimum absolute atomic E-state index is 0.104. The first-order valence-corrected chi connectivity index (χ1v) is 7.78. The van der Waals surface area contributed by atoms with Gasteiger partial charge in [0.25, 0.3) is 5.56 Å². The molecule has 2 rings (SSSR count). The van der Waals surface area contributed by atoms with E-state index in [9.17, 15) is 9.59 Å². The van der Waals surface area contributed by atoms with E-state index in [0.717, 1.165) is 44.6 Å². The van der Waals surface area contributed by atoms with Crippen LogP contribution in [0, 0.1) is 0 Å². The van der Waals surface area contributed by atoms with Gasteiger partial charge in [-0.3, -0.25) is 14.5 Å². The van der Waals surface area contributed by atoms with Crippen LogP contribution in [0.5, 0.6) is 0 Å². The number of carboxylic acid groups (broad SMARTS) is 1. The van der Waals surface area contributed by atoms with Crippen molar-refractivity contribution in [3.63, 3.8) is 0 Å². The van der Waals surface area contributed by atoms with Crippen molar-refractivity contribution in [1.82, 2.24) is 14.5 Å². The molecule has 7 nitrogen and oxygen atoms in total. The second-order valence-electron chi connectivity index (χ2n) is 4.90. The molecule has 1 fully saturated rings. The number of carbonyl (C=O) groups is 1. The van der Waals surface area contributed by atoms with E-state index in [1.807, 2.05) is 11.5 Å². The lowest BCUT2D eigenvalue weighted by atomic mass is 10.3. The molecular formula is C13H19N3O4S. The lowest BCUT2D eigenvalue weighted by Crippen LogP contribution is -2.39. The van der Waals surface area contributed by atoms with Gasteiger partial charge in [0.1, 0.15) is 0 Å². The zero-order chi connectivity index (χ0) is 15.2. The SMILES string of the molecule is CC(CN1CCOCC1)n1ccc(=O)nc1SCC(=O)O. The monoisotopic (exact) mass is 313 g/mol. The molecule has 1 atom stereocenters. The Hall–Kier alpha value is -1.38. The summed E-state index contributed by atoms with van der Waals surface area (Å²) in [6.45, 7) is 6.08. The van der Waals surface area contributed by atoms with Crippen LogP contribution in [-0.2, 0) is 9.53 Å². The minimum Gasteiger partial charge on any atom is -0.481 e. The predicted octanol–water partition coefficient (Wildman–Crippen LogP) is 0.313. The molecule has 1 saturated heterocycles. The van der Waals surface area contributed by atoms with Crippen LogP contribution in [0.25, 0.3) is 0 Å². The fraction of sp³-hybridized carbons (Fsp3) is 0.615. The summed E-state index contributed by atoms with van der Waals surface area (Å²) in [5, 5.41) is 9.23. The summed E-state index contributed by atoms with van der Waals surface area (Å²) in [7, 11) is 0. The van der Waals surface area contributed by atoms with Gasteiger partial charge in [0.2, 0.25) is 0 Å². The van der Waals surface area contributed by atoms with Crippen LogP contribution in [-0.4, -0.2) is 64.1 Å². The van der Waals surface area contributed by atoms with E-state index in [2.05, 4.69) is 9.88 Å². The van der Waals surface area contributed by atoms with E-state index < -0.39 is 5.97 Å². The first kappa shape index (κ1) is 16.0. The van der Waals surface area contributed by atoms with Crippen molar-refractivity contribution in [3.8, 4) is 0 Å². The molecule has 2 heterocycles. The molecule has 1 unspecified atom stereocenters. The van der Waals surface area contributed by atoms with Crippen molar-refractivity contribution in [2.75, 3.05) is 38.6 Å². The van der Waals surface area contributed by atoms with Gasteiger partial charge in [0.05, 0.1) is 19.0 Å². The fourth-order valence-corrected chi connectivity index (χ4v) is 3.01. The molecule has 1 aliphatic rings. The molecule has 8 heteroatoms. The smallest absolute Gasteiger partial charge is 0.313 e. The molecule has 0 saturated carbocycles. The molecule has 0 aliphatic carbocycles. The number of carboxylic acids is 1. The number of nitrogens with zero attached hydrogens (tertiary/aromatic N) is 3. The summed E-state index contributed by atoms with van der Waals surface area (Å²) in [4.78, 5) is 28.3. The van der Waals surface area contributed by atoms with E-state index in [0.29, 0.717) is 5.16 Å². The normalized spacial score (nSPS) is 17.6. The van der Waals surface area contributed by atoms with Gasteiger partial charge in [-0.2, -0.15) is 4.98 Å². The second-order valence-corrected chi connectivity index (χ2v) is 5.84. The highest BCUT2D eigenvalue weighted by atomic mass is 32.2. The molecule has 0 bridgehead atoms. The van der Waals surface area contributed by atoms with Gasteiger partial charge >= 0.3 is 5.97 Å².